The molecule has 0 aromatic rings. The van der Waals surface area contributed by atoms with Crippen LogP contribution in [0, 0.1) is 0 Å². The molecule has 12 heavy (non-hydrogen) atoms. The predicted octanol–water partition coefficient (Wildman–Crippen LogP) is -0.102. The summed E-state index contributed by atoms with van der Waals surface area (Å²) in [7, 11) is 0. The van der Waals surface area contributed by atoms with E-state index in [1.54, 1.807) is 0 Å². The van der Waals surface area contributed by atoms with Crippen molar-refractivity contribution < 1.29 is 19.3 Å². The second kappa shape index (κ2) is 3.30. The molecule has 2 rings (SSSR count). The zero-order valence-corrected chi connectivity index (χ0v) is 7.10. The molecule has 4 nitrogen and oxygen atoms in total. The monoisotopic (exact) mass is 174 g/mol. The standard InChI is InChI=1S/C8H14O4/c1-5-6(9)4-7(12-5)8-10-2-3-11-8/h5-9H,2-4H2,1H3. The van der Waals surface area contributed by atoms with E-state index in [2.05, 4.69) is 0 Å². The highest BCUT2D eigenvalue weighted by Gasteiger charge is 2.38. The van der Waals surface area contributed by atoms with Gasteiger partial charge in [-0.25, -0.2) is 0 Å². The first-order valence-corrected chi connectivity index (χ1v) is 4.34. The van der Waals surface area contributed by atoms with Crippen LogP contribution >= 0.6 is 0 Å². The second-order valence-electron chi connectivity index (χ2n) is 3.29. The van der Waals surface area contributed by atoms with Crippen molar-refractivity contribution in [2.45, 2.75) is 37.9 Å². The largest absolute Gasteiger partial charge is 0.390 e. The molecule has 0 amide bonds. The highest BCUT2D eigenvalue weighted by molar-refractivity contribution is 4.82. The summed E-state index contributed by atoms with van der Waals surface area (Å²) in [5.41, 5.74) is 0. The van der Waals surface area contributed by atoms with Gasteiger partial charge in [-0.15, -0.1) is 0 Å². The van der Waals surface area contributed by atoms with Gasteiger partial charge in [0, 0.05) is 6.42 Å². The minimum absolute atomic E-state index is 0.0856. The molecule has 2 heterocycles. The normalized spacial score (nSPS) is 44.0. The molecule has 3 unspecified atom stereocenters. The molecule has 0 aliphatic carbocycles. The fourth-order valence-electron chi connectivity index (χ4n) is 1.62. The van der Waals surface area contributed by atoms with Crippen LogP contribution in [0.15, 0.2) is 0 Å². The van der Waals surface area contributed by atoms with Gasteiger partial charge in [0.05, 0.1) is 25.4 Å². The van der Waals surface area contributed by atoms with Gasteiger partial charge in [0.2, 0.25) is 0 Å². The summed E-state index contributed by atoms with van der Waals surface area (Å²) in [6, 6.07) is 0. The quantitative estimate of drug-likeness (QED) is 0.603. The Bertz CT molecular complexity index is 145. The van der Waals surface area contributed by atoms with Gasteiger partial charge < -0.3 is 19.3 Å². The van der Waals surface area contributed by atoms with E-state index < -0.39 is 0 Å². The fraction of sp³-hybridized carbons (Fsp3) is 1.00. The van der Waals surface area contributed by atoms with Gasteiger partial charge in [-0.05, 0) is 6.92 Å². The SMILES string of the molecule is CC1OC(C2OCCO2)CC1O. The Morgan fingerprint density at radius 3 is 2.42 bits per heavy atom. The number of aliphatic hydroxyl groups is 1. The molecule has 0 radical (unpaired) electrons. The van der Waals surface area contributed by atoms with E-state index in [4.69, 9.17) is 14.2 Å². The minimum atomic E-state index is -0.372. The van der Waals surface area contributed by atoms with E-state index in [9.17, 15) is 5.11 Å². The smallest absolute Gasteiger partial charge is 0.184 e. The Balaban J connectivity index is 1.89. The number of aliphatic hydroxyl groups excluding tert-OH is 1. The van der Waals surface area contributed by atoms with Gasteiger partial charge in [0.1, 0.15) is 6.10 Å². The lowest BCUT2D eigenvalue weighted by Crippen LogP contribution is -2.26. The number of hydrogen-bond donors (Lipinski definition) is 1. The van der Waals surface area contributed by atoms with Crippen LogP contribution in [0.3, 0.4) is 0 Å². The van der Waals surface area contributed by atoms with Gasteiger partial charge in [0.15, 0.2) is 6.29 Å². The molecule has 2 fully saturated rings. The second-order valence-corrected chi connectivity index (χ2v) is 3.29. The van der Waals surface area contributed by atoms with Crippen LogP contribution in [0.25, 0.3) is 0 Å². The van der Waals surface area contributed by atoms with Crippen LogP contribution in [0.2, 0.25) is 0 Å². The molecule has 2 saturated heterocycles. The van der Waals surface area contributed by atoms with E-state index >= 15 is 0 Å². The minimum Gasteiger partial charge on any atom is -0.390 e. The van der Waals surface area contributed by atoms with Gasteiger partial charge >= 0.3 is 0 Å². The lowest BCUT2D eigenvalue weighted by atomic mass is 10.1. The molecule has 70 valence electrons. The van der Waals surface area contributed by atoms with Crippen molar-refractivity contribution >= 4 is 0 Å². The van der Waals surface area contributed by atoms with Gasteiger partial charge in [0.25, 0.3) is 0 Å². The topological polar surface area (TPSA) is 47.9 Å². The lowest BCUT2D eigenvalue weighted by molar-refractivity contribution is -0.136. The van der Waals surface area contributed by atoms with Crippen LogP contribution in [0.1, 0.15) is 13.3 Å². The summed E-state index contributed by atoms with van der Waals surface area (Å²) < 4.78 is 16.0. The summed E-state index contributed by atoms with van der Waals surface area (Å²) in [5, 5.41) is 9.39. The predicted molar refractivity (Wildman–Crippen MR) is 40.7 cm³/mol. The summed E-state index contributed by atoms with van der Waals surface area (Å²) in [5.74, 6) is 0. The summed E-state index contributed by atoms with van der Waals surface area (Å²) >= 11 is 0. The molecule has 0 bridgehead atoms. The van der Waals surface area contributed by atoms with Crippen LogP contribution < -0.4 is 0 Å². The lowest BCUT2D eigenvalue weighted by Gasteiger charge is -2.16. The Hall–Kier alpha value is -0.160. The summed E-state index contributed by atoms with van der Waals surface area (Å²) in [6.07, 6.45) is -0.195. The van der Waals surface area contributed by atoms with Crippen molar-refractivity contribution in [2.24, 2.45) is 0 Å². The van der Waals surface area contributed by atoms with Crippen molar-refractivity contribution in [1.29, 1.82) is 0 Å². The van der Waals surface area contributed by atoms with Gasteiger partial charge in [-0.1, -0.05) is 0 Å². The Morgan fingerprint density at radius 1 is 1.25 bits per heavy atom. The average molecular weight is 174 g/mol. The van der Waals surface area contributed by atoms with Crippen LogP contribution in [-0.2, 0) is 14.2 Å². The van der Waals surface area contributed by atoms with Gasteiger partial charge in [-0.3, -0.25) is 0 Å². The van der Waals surface area contributed by atoms with E-state index in [0.29, 0.717) is 19.6 Å². The average Bonchev–Trinajstić information content (AvgIpc) is 2.61. The molecular weight excluding hydrogens is 160 g/mol. The van der Waals surface area contributed by atoms with E-state index in [1.807, 2.05) is 6.92 Å². The Morgan fingerprint density at radius 2 is 1.92 bits per heavy atom. The van der Waals surface area contributed by atoms with Crippen LogP contribution in [0.5, 0.6) is 0 Å². The van der Waals surface area contributed by atoms with E-state index in [-0.39, 0.29) is 24.6 Å². The molecule has 0 aromatic heterocycles. The molecule has 3 atom stereocenters. The van der Waals surface area contributed by atoms with Crippen molar-refractivity contribution in [3.63, 3.8) is 0 Å². The third-order valence-electron chi connectivity index (χ3n) is 2.36. The zero-order chi connectivity index (χ0) is 8.55. The highest BCUT2D eigenvalue weighted by atomic mass is 16.7. The maximum Gasteiger partial charge on any atom is 0.184 e. The van der Waals surface area contributed by atoms with E-state index in [0.717, 1.165) is 0 Å². The number of rotatable bonds is 1. The van der Waals surface area contributed by atoms with E-state index in [1.165, 1.54) is 0 Å². The number of ether oxygens (including phenoxy) is 3. The van der Waals surface area contributed by atoms with Crippen LogP contribution in [0.4, 0.5) is 0 Å². The molecule has 2 aliphatic rings. The zero-order valence-electron chi connectivity index (χ0n) is 7.10. The molecular formula is C8H14O4. The first kappa shape index (κ1) is 8.44. The molecule has 0 aromatic carbocycles. The number of hydrogen-bond acceptors (Lipinski definition) is 4. The third-order valence-corrected chi connectivity index (χ3v) is 2.36. The first-order chi connectivity index (χ1) is 5.77. The van der Waals surface area contributed by atoms with Crippen molar-refractivity contribution in [1.82, 2.24) is 0 Å². The molecule has 1 N–H and O–H groups in total. The maximum atomic E-state index is 9.39. The Labute approximate surface area is 71.4 Å². The van der Waals surface area contributed by atoms with Crippen molar-refractivity contribution in [3.05, 3.63) is 0 Å². The molecule has 2 aliphatic heterocycles. The third kappa shape index (κ3) is 1.47. The summed E-state index contributed by atoms with van der Waals surface area (Å²) in [4.78, 5) is 0. The fourth-order valence-corrected chi connectivity index (χ4v) is 1.62. The van der Waals surface area contributed by atoms with Gasteiger partial charge in [-0.2, -0.15) is 0 Å². The molecule has 4 heteroatoms. The maximum absolute atomic E-state index is 9.39. The molecule has 0 spiro atoms. The van der Waals surface area contributed by atoms with Crippen molar-refractivity contribution in [3.8, 4) is 0 Å². The highest BCUT2D eigenvalue weighted by Crippen LogP contribution is 2.25. The first-order valence-electron chi connectivity index (χ1n) is 4.34. The summed E-state index contributed by atoms with van der Waals surface area (Å²) in [6.45, 7) is 3.13. The Kier molecular flexibility index (Phi) is 2.32. The van der Waals surface area contributed by atoms with Crippen LogP contribution in [-0.4, -0.2) is 42.9 Å². The molecule has 0 saturated carbocycles. The van der Waals surface area contributed by atoms with Crippen molar-refractivity contribution in [2.75, 3.05) is 13.2 Å².